The topological polar surface area (TPSA) is 40.5 Å². The van der Waals surface area contributed by atoms with Gasteiger partial charge in [-0.25, -0.2) is 0 Å². The Balaban J connectivity index is 2.85. The molecular formula is C14H16O2S. The molecule has 0 saturated heterocycles. The molecule has 0 amide bonds. The molecule has 90 valence electrons. The van der Waals surface area contributed by atoms with Crippen molar-refractivity contribution in [1.29, 1.82) is 0 Å². The van der Waals surface area contributed by atoms with Crippen molar-refractivity contribution in [3.05, 3.63) is 21.9 Å². The third kappa shape index (κ3) is 6.14. The van der Waals surface area contributed by atoms with Gasteiger partial charge in [0.05, 0.1) is 9.75 Å². The lowest BCUT2D eigenvalue weighted by atomic mass is 10.1. The zero-order valence-electron chi connectivity index (χ0n) is 10.5. The molecule has 0 aliphatic rings. The summed E-state index contributed by atoms with van der Waals surface area (Å²) in [6.07, 6.45) is 0. The summed E-state index contributed by atoms with van der Waals surface area (Å²) in [6.45, 7) is 6.57. The van der Waals surface area contributed by atoms with Crippen molar-refractivity contribution in [1.82, 2.24) is 0 Å². The average molecular weight is 248 g/mol. The highest BCUT2D eigenvalue weighted by Gasteiger charge is 2.07. The van der Waals surface area contributed by atoms with E-state index in [9.17, 15) is 10.2 Å². The molecule has 0 atom stereocenters. The highest BCUT2D eigenvalue weighted by Crippen LogP contribution is 2.15. The molecule has 1 aromatic rings. The first-order chi connectivity index (χ1) is 7.66. The maximum absolute atomic E-state index is 9.47. The molecule has 0 unspecified atom stereocenters. The van der Waals surface area contributed by atoms with Crippen LogP contribution < -0.4 is 0 Å². The zero-order valence-corrected chi connectivity index (χ0v) is 11.3. The van der Waals surface area contributed by atoms with Crippen molar-refractivity contribution >= 4 is 11.3 Å². The summed E-state index contributed by atoms with van der Waals surface area (Å²) in [4.78, 5) is 1.71. The van der Waals surface area contributed by atoms with Gasteiger partial charge in [-0.3, -0.25) is 0 Å². The fourth-order valence-corrected chi connectivity index (χ4v) is 1.61. The number of thiophene rings is 1. The van der Waals surface area contributed by atoms with E-state index in [0.29, 0.717) is 0 Å². The summed E-state index contributed by atoms with van der Waals surface area (Å²) < 4.78 is 0. The minimum absolute atomic E-state index is 0.854. The zero-order chi connectivity index (χ0) is 13.1. The largest absolute Gasteiger partial charge is 0.378 e. The maximum Gasteiger partial charge on any atom is 0.120 e. The predicted molar refractivity (Wildman–Crippen MR) is 70.7 cm³/mol. The van der Waals surface area contributed by atoms with Crippen LogP contribution in [0.2, 0.25) is 0 Å². The average Bonchev–Trinajstić information content (AvgIpc) is 2.57. The summed E-state index contributed by atoms with van der Waals surface area (Å²) in [5, 5.41) is 18.9. The SMILES string of the molecule is CC(C)(O)C#Cc1ccc(C#CC(C)(C)O)s1. The van der Waals surface area contributed by atoms with E-state index in [-0.39, 0.29) is 0 Å². The molecule has 0 saturated carbocycles. The smallest absolute Gasteiger partial charge is 0.120 e. The van der Waals surface area contributed by atoms with Crippen LogP contribution in [-0.4, -0.2) is 21.4 Å². The summed E-state index contributed by atoms with van der Waals surface area (Å²) in [7, 11) is 0. The molecule has 0 fully saturated rings. The molecule has 3 heteroatoms. The van der Waals surface area contributed by atoms with Crippen LogP contribution in [0, 0.1) is 23.7 Å². The molecule has 2 nitrogen and oxygen atoms in total. The Kier molecular flexibility index (Phi) is 4.01. The summed E-state index contributed by atoms with van der Waals surface area (Å²) in [6, 6.07) is 3.72. The van der Waals surface area contributed by atoms with E-state index in [0.717, 1.165) is 9.75 Å². The highest BCUT2D eigenvalue weighted by atomic mass is 32.1. The van der Waals surface area contributed by atoms with E-state index >= 15 is 0 Å². The van der Waals surface area contributed by atoms with Gasteiger partial charge in [-0.1, -0.05) is 23.7 Å². The van der Waals surface area contributed by atoms with E-state index in [2.05, 4.69) is 23.7 Å². The molecule has 17 heavy (non-hydrogen) atoms. The third-order valence-electron chi connectivity index (χ3n) is 1.59. The van der Waals surface area contributed by atoms with Crippen molar-refractivity contribution in [3.8, 4) is 23.7 Å². The fourth-order valence-electron chi connectivity index (χ4n) is 0.901. The molecule has 1 aromatic heterocycles. The van der Waals surface area contributed by atoms with Gasteiger partial charge in [0.2, 0.25) is 0 Å². The Labute approximate surface area is 106 Å². The van der Waals surface area contributed by atoms with Gasteiger partial charge in [0, 0.05) is 0 Å². The normalized spacial score (nSPS) is 11.2. The van der Waals surface area contributed by atoms with E-state index in [1.807, 2.05) is 12.1 Å². The molecule has 2 N–H and O–H groups in total. The van der Waals surface area contributed by atoms with Crippen LogP contribution in [0.5, 0.6) is 0 Å². The van der Waals surface area contributed by atoms with Crippen molar-refractivity contribution in [2.45, 2.75) is 38.9 Å². The van der Waals surface area contributed by atoms with Gasteiger partial charge in [0.1, 0.15) is 11.2 Å². The molecular weight excluding hydrogens is 232 g/mol. The second-order valence-corrected chi connectivity index (χ2v) is 5.87. The minimum atomic E-state index is -0.983. The number of hydrogen-bond acceptors (Lipinski definition) is 3. The van der Waals surface area contributed by atoms with Gasteiger partial charge in [-0.2, -0.15) is 0 Å². The second kappa shape index (κ2) is 4.94. The van der Waals surface area contributed by atoms with E-state index in [1.54, 1.807) is 27.7 Å². The monoisotopic (exact) mass is 248 g/mol. The van der Waals surface area contributed by atoms with Crippen LogP contribution in [-0.2, 0) is 0 Å². The number of rotatable bonds is 0. The van der Waals surface area contributed by atoms with Gasteiger partial charge in [0.25, 0.3) is 0 Å². The van der Waals surface area contributed by atoms with Crippen LogP contribution in [0.1, 0.15) is 37.4 Å². The van der Waals surface area contributed by atoms with Gasteiger partial charge in [-0.05, 0) is 39.8 Å². The first kappa shape index (κ1) is 13.8. The van der Waals surface area contributed by atoms with Crippen LogP contribution in [0.3, 0.4) is 0 Å². The van der Waals surface area contributed by atoms with Crippen LogP contribution in [0.25, 0.3) is 0 Å². The molecule has 1 heterocycles. The Morgan fingerprint density at radius 2 is 1.24 bits per heavy atom. The molecule has 0 bridgehead atoms. The highest BCUT2D eigenvalue weighted by molar-refractivity contribution is 7.13. The van der Waals surface area contributed by atoms with Crippen LogP contribution >= 0.6 is 11.3 Å². The second-order valence-electron chi connectivity index (χ2n) is 4.78. The van der Waals surface area contributed by atoms with Crippen molar-refractivity contribution in [3.63, 3.8) is 0 Å². The summed E-state index contributed by atoms with van der Waals surface area (Å²) >= 11 is 1.44. The Bertz CT molecular complexity index is 458. The molecule has 1 rings (SSSR count). The van der Waals surface area contributed by atoms with Crippen LogP contribution in [0.15, 0.2) is 12.1 Å². The first-order valence-electron chi connectivity index (χ1n) is 5.27. The first-order valence-corrected chi connectivity index (χ1v) is 6.08. The number of hydrogen-bond donors (Lipinski definition) is 2. The Hall–Kier alpha value is -1.26. The van der Waals surface area contributed by atoms with Gasteiger partial charge in [-0.15, -0.1) is 11.3 Å². The Morgan fingerprint density at radius 1 is 0.882 bits per heavy atom. The van der Waals surface area contributed by atoms with Gasteiger partial charge < -0.3 is 10.2 Å². The standard InChI is InChI=1S/C14H16O2S/c1-13(2,15)9-7-11-5-6-12(17-11)8-10-14(3,4)16/h5-6,15-16H,1-4H3. The molecule has 0 aromatic carbocycles. The maximum atomic E-state index is 9.47. The summed E-state index contributed by atoms with van der Waals surface area (Å²) in [5.74, 6) is 11.3. The van der Waals surface area contributed by atoms with Crippen molar-refractivity contribution < 1.29 is 10.2 Å². The number of aliphatic hydroxyl groups is 2. The van der Waals surface area contributed by atoms with Crippen molar-refractivity contribution in [2.24, 2.45) is 0 Å². The van der Waals surface area contributed by atoms with Gasteiger partial charge in [0.15, 0.2) is 0 Å². The van der Waals surface area contributed by atoms with E-state index < -0.39 is 11.2 Å². The lowest BCUT2D eigenvalue weighted by Crippen LogP contribution is -2.14. The van der Waals surface area contributed by atoms with Crippen molar-refractivity contribution in [2.75, 3.05) is 0 Å². The molecule has 0 aliphatic carbocycles. The van der Waals surface area contributed by atoms with E-state index in [4.69, 9.17) is 0 Å². The molecule has 0 aliphatic heterocycles. The van der Waals surface area contributed by atoms with E-state index in [1.165, 1.54) is 11.3 Å². The lowest BCUT2D eigenvalue weighted by Gasteiger charge is -2.05. The predicted octanol–water partition coefficient (Wildman–Crippen LogP) is 1.99. The van der Waals surface area contributed by atoms with Crippen LogP contribution in [0.4, 0.5) is 0 Å². The third-order valence-corrected chi connectivity index (χ3v) is 2.51. The molecule has 0 spiro atoms. The van der Waals surface area contributed by atoms with Gasteiger partial charge >= 0.3 is 0 Å². The minimum Gasteiger partial charge on any atom is -0.378 e. The Morgan fingerprint density at radius 3 is 1.53 bits per heavy atom. The quantitative estimate of drug-likeness (QED) is 0.689. The summed E-state index contributed by atoms with van der Waals surface area (Å²) in [5.41, 5.74) is -1.97. The molecule has 0 radical (unpaired) electrons. The fraction of sp³-hybridized carbons (Fsp3) is 0.429. The lowest BCUT2D eigenvalue weighted by molar-refractivity contribution is 0.143.